The van der Waals surface area contributed by atoms with Gasteiger partial charge in [-0.3, -0.25) is 28.9 Å². The lowest BCUT2D eigenvalue weighted by molar-refractivity contribution is -0.384. The van der Waals surface area contributed by atoms with Crippen LogP contribution in [0, 0.1) is 24.0 Å². The van der Waals surface area contributed by atoms with E-state index in [2.05, 4.69) is 0 Å². The maximum absolute atomic E-state index is 13.9. The minimum absolute atomic E-state index is 0.0337. The first kappa shape index (κ1) is 26.9. The summed E-state index contributed by atoms with van der Waals surface area (Å²) in [7, 11) is 2.75. The number of aromatic nitrogens is 2. The number of rotatable bonds is 8. The number of fused-ring (bicyclic) bond motifs is 1. The normalized spacial score (nSPS) is 15.1. The van der Waals surface area contributed by atoms with Crippen LogP contribution < -0.4 is 16.2 Å². The molecular weight excluding hydrogens is 494 g/mol. The van der Waals surface area contributed by atoms with Crippen LogP contribution in [-0.4, -0.2) is 57.8 Å². The summed E-state index contributed by atoms with van der Waals surface area (Å²) in [6, 6.07) is 5.22. The van der Waals surface area contributed by atoms with Gasteiger partial charge in [0, 0.05) is 31.4 Å². The third-order valence-corrected chi connectivity index (χ3v) is 7.19. The number of methoxy groups -OCH3 is 1. The maximum Gasteiger partial charge on any atom is 0.329 e. The van der Waals surface area contributed by atoms with E-state index in [1.54, 1.807) is 4.57 Å². The molecule has 1 aromatic heterocycles. The molecule has 12 nitrogen and oxygen atoms in total. The number of nitrogens with zero attached hydrogens (tertiary/aromatic N) is 4. The number of likely N-dealkylation sites (N-methyl/N-ethyl adjacent to an activating group) is 1. The number of imidazole rings is 1. The monoisotopic (exact) mass is 525 g/mol. The van der Waals surface area contributed by atoms with E-state index in [1.807, 2.05) is 19.9 Å². The Balaban J connectivity index is 1.96. The van der Waals surface area contributed by atoms with Crippen molar-refractivity contribution < 1.29 is 24.0 Å². The predicted molar refractivity (Wildman–Crippen MR) is 139 cm³/mol. The zero-order valence-corrected chi connectivity index (χ0v) is 21.9. The van der Waals surface area contributed by atoms with Gasteiger partial charge < -0.3 is 15.2 Å². The van der Waals surface area contributed by atoms with Gasteiger partial charge in [0.1, 0.15) is 5.75 Å². The van der Waals surface area contributed by atoms with Gasteiger partial charge in [-0.25, -0.2) is 9.59 Å². The number of carbonyl (C=O) groups is 2. The van der Waals surface area contributed by atoms with Crippen LogP contribution in [0.5, 0.6) is 5.75 Å². The van der Waals surface area contributed by atoms with Crippen LogP contribution in [0.3, 0.4) is 0 Å². The highest BCUT2D eigenvalue weighted by atomic mass is 16.6. The van der Waals surface area contributed by atoms with E-state index in [0.29, 0.717) is 41.1 Å². The zero-order valence-electron chi connectivity index (χ0n) is 21.9. The highest BCUT2D eigenvalue weighted by molar-refractivity contribution is 5.96. The Hall–Kier alpha value is -4.19. The van der Waals surface area contributed by atoms with Gasteiger partial charge in [-0.2, -0.15) is 0 Å². The predicted octanol–water partition coefficient (Wildman–Crippen LogP) is 2.64. The Kier molecular flexibility index (Phi) is 7.53. The van der Waals surface area contributed by atoms with Gasteiger partial charge >= 0.3 is 11.7 Å². The molecule has 2 N–H and O–H groups in total. The summed E-state index contributed by atoms with van der Waals surface area (Å²) in [5, 5.41) is 11.5. The van der Waals surface area contributed by atoms with Gasteiger partial charge in [-0.1, -0.05) is 0 Å². The number of amides is 3. The lowest BCUT2D eigenvalue weighted by Gasteiger charge is -2.17. The van der Waals surface area contributed by atoms with Crippen molar-refractivity contribution in [1.29, 1.82) is 0 Å². The van der Waals surface area contributed by atoms with Crippen LogP contribution in [-0.2, 0) is 29.0 Å². The van der Waals surface area contributed by atoms with Gasteiger partial charge in [0.05, 0.1) is 48.7 Å². The Bertz CT molecular complexity index is 1480. The number of nitro benzene ring substituents is 1. The first-order chi connectivity index (χ1) is 18.0. The van der Waals surface area contributed by atoms with Crippen molar-refractivity contribution in [2.45, 2.75) is 52.3 Å². The number of aryl methyl sites for hydroxylation is 1. The minimum Gasteiger partial charge on any atom is -0.496 e. The van der Waals surface area contributed by atoms with Gasteiger partial charge in [0.2, 0.25) is 5.91 Å². The van der Waals surface area contributed by atoms with Crippen molar-refractivity contribution in [2.24, 2.45) is 5.73 Å². The highest BCUT2D eigenvalue weighted by Crippen LogP contribution is 2.30. The molecule has 0 spiro atoms. The molecule has 4 rings (SSSR count). The lowest BCUT2D eigenvalue weighted by Crippen LogP contribution is -2.38. The van der Waals surface area contributed by atoms with Crippen LogP contribution in [0.2, 0.25) is 0 Å². The lowest BCUT2D eigenvalue weighted by atomic mass is 9.98. The fraction of sp³-hybridized carbons (Fsp3) is 0.423. The number of ether oxygens (including phenoxy) is 2. The van der Waals surface area contributed by atoms with Crippen LogP contribution >= 0.6 is 0 Å². The quantitative estimate of drug-likeness (QED) is 0.350. The molecule has 1 saturated heterocycles. The average Bonchev–Trinajstić information content (AvgIpc) is 3.48. The summed E-state index contributed by atoms with van der Waals surface area (Å²) in [4.78, 5) is 50.3. The van der Waals surface area contributed by atoms with Crippen LogP contribution in [0.1, 0.15) is 35.1 Å². The van der Waals surface area contributed by atoms with E-state index in [9.17, 15) is 24.5 Å². The van der Waals surface area contributed by atoms with Crippen LogP contribution in [0.25, 0.3) is 11.0 Å². The molecule has 0 bridgehead atoms. The Morgan fingerprint density at radius 3 is 2.61 bits per heavy atom. The number of benzene rings is 2. The number of hydrogen-bond donors (Lipinski definition) is 1. The smallest absolute Gasteiger partial charge is 0.329 e. The molecule has 12 heteroatoms. The third-order valence-electron chi connectivity index (χ3n) is 7.19. The molecule has 1 fully saturated rings. The summed E-state index contributed by atoms with van der Waals surface area (Å²) in [6.45, 7) is 4.66. The fourth-order valence-corrected chi connectivity index (χ4v) is 4.90. The standard InChI is InChI=1S/C26H31N5O7/c1-15-10-21-24(20(16(15)2)12-23(32)28(3)25(27)33)30(26(34)29(21)14-19-6-5-9-38-19)13-17-11-18(31(35)36)7-8-22(17)37-4/h7-8,10-11,19H,5-6,9,12-14H2,1-4H3,(H2,27,33). The molecule has 2 aromatic carbocycles. The van der Waals surface area contributed by atoms with E-state index in [-0.39, 0.29) is 30.4 Å². The SMILES string of the molecule is COc1ccc([N+](=O)[O-])cc1Cn1c(=O)n(CC2CCCO2)c2cc(C)c(C)c(CC(=O)N(C)C(N)=O)c21. The van der Waals surface area contributed by atoms with Gasteiger partial charge in [0.15, 0.2) is 0 Å². The van der Waals surface area contributed by atoms with E-state index in [0.717, 1.165) is 28.9 Å². The van der Waals surface area contributed by atoms with E-state index >= 15 is 0 Å². The Labute approximate surface area is 218 Å². The number of non-ortho nitro benzene ring substituents is 1. The van der Waals surface area contributed by atoms with Crippen molar-refractivity contribution in [3.63, 3.8) is 0 Å². The first-order valence-corrected chi connectivity index (χ1v) is 12.2. The van der Waals surface area contributed by atoms with E-state index in [1.165, 1.54) is 36.9 Å². The number of urea groups is 1. The zero-order chi connectivity index (χ0) is 27.7. The second kappa shape index (κ2) is 10.7. The summed E-state index contributed by atoms with van der Waals surface area (Å²) in [5.41, 5.74) is 8.63. The summed E-state index contributed by atoms with van der Waals surface area (Å²) >= 11 is 0. The molecule has 3 amide bonds. The largest absolute Gasteiger partial charge is 0.496 e. The van der Waals surface area contributed by atoms with Crippen LogP contribution in [0.15, 0.2) is 29.1 Å². The second-order valence-corrected chi connectivity index (χ2v) is 9.50. The Morgan fingerprint density at radius 2 is 2.00 bits per heavy atom. The number of primary amides is 1. The van der Waals surface area contributed by atoms with Gasteiger partial charge in [0.25, 0.3) is 5.69 Å². The van der Waals surface area contributed by atoms with Crippen LogP contribution in [0.4, 0.5) is 10.5 Å². The number of carbonyl (C=O) groups excluding carboxylic acids is 2. The van der Waals surface area contributed by atoms with Gasteiger partial charge in [-0.05, 0) is 55.5 Å². The second-order valence-electron chi connectivity index (χ2n) is 9.50. The Morgan fingerprint density at radius 1 is 1.26 bits per heavy atom. The molecule has 0 saturated carbocycles. The first-order valence-electron chi connectivity index (χ1n) is 12.2. The average molecular weight is 526 g/mol. The molecule has 1 aliphatic heterocycles. The molecule has 1 unspecified atom stereocenters. The molecule has 0 radical (unpaired) electrons. The third kappa shape index (κ3) is 4.99. The summed E-state index contributed by atoms with van der Waals surface area (Å²) < 4.78 is 14.4. The fourth-order valence-electron chi connectivity index (χ4n) is 4.90. The highest BCUT2D eigenvalue weighted by Gasteiger charge is 2.26. The summed E-state index contributed by atoms with van der Waals surface area (Å²) in [6.07, 6.45) is 1.42. The van der Waals surface area contributed by atoms with Gasteiger partial charge in [-0.15, -0.1) is 0 Å². The molecule has 202 valence electrons. The minimum atomic E-state index is -0.883. The number of nitro groups is 1. The number of nitrogens with two attached hydrogens (primary N) is 1. The molecule has 2 heterocycles. The number of hydrogen-bond acceptors (Lipinski definition) is 7. The van der Waals surface area contributed by atoms with Crippen molar-refractivity contribution >= 4 is 28.7 Å². The number of imide groups is 1. The molecule has 38 heavy (non-hydrogen) atoms. The topological polar surface area (TPSA) is 152 Å². The van der Waals surface area contributed by atoms with Crippen molar-refractivity contribution in [3.05, 3.63) is 67.1 Å². The van der Waals surface area contributed by atoms with E-state index in [4.69, 9.17) is 15.2 Å². The molecule has 0 aliphatic carbocycles. The van der Waals surface area contributed by atoms with E-state index < -0.39 is 16.9 Å². The maximum atomic E-state index is 13.9. The molecular formula is C26H31N5O7. The van der Waals surface area contributed by atoms with Crippen molar-refractivity contribution in [1.82, 2.24) is 14.0 Å². The molecule has 3 aromatic rings. The summed E-state index contributed by atoms with van der Waals surface area (Å²) in [5.74, 6) is -0.135. The molecule has 1 aliphatic rings. The van der Waals surface area contributed by atoms with Crippen molar-refractivity contribution in [3.8, 4) is 5.75 Å². The molecule has 1 atom stereocenters. The van der Waals surface area contributed by atoms with Crippen molar-refractivity contribution in [2.75, 3.05) is 20.8 Å².